The summed E-state index contributed by atoms with van der Waals surface area (Å²) >= 11 is 0. The fraction of sp³-hybridized carbons (Fsp3) is 0.714. The first-order chi connectivity index (χ1) is 10.1. The van der Waals surface area contributed by atoms with E-state index in [1.807, 2.05) is 29.1 Å². The van der Waals surface area contributed by atoms with Crippen LogP contribution in [0.3, 0.4) is 0 Å². The van der Waals surface area contributed by atoms with Gasteiger partial charge < -0.3 is 9.30 Å². The summed E-state index contributed by atoms with van der Waals surface area (Å²) in [7, 11) is -1.70. The number of rotatable bonds is 8. The van der Waals surface area contributed by atoms with E-state index in [9.17, 15) is 8.42 Å². The molecule has 1 saturated heterocycles. The SMILES string of the molecule is COCC1CCCN(S(=O)(=O)NCCCn2cccc2)C1. The number of piperidine rings is 1. The number of ether oxygens (including phenoxy) is 1. The van der Waals surface area contributed by atoms with Crippen LogP contribution in [0.1, 0.15) is 19.3 Å². The molecular weight excluding hydrogens is 290 g/mol. The molecule has 1 N–H and O–H groups in total. The maximum atomic E-state index is 12.3. The van der Waals surface area contributed by atoms with Crippen molar-refractivity contribution in [3.63, 3.8) is 0 Å². The summed E-state index contributed by atoms with van der Waals surface area (Å²) < 4.78 is 36.0. The Kier molecular flexibility index (Phi) is 6.22. The summed E-state index contributed by atoms with van der Waals surface area (Å²) in [5, 5.41) is 0. The van der Waals surface area contributed by atoms with Crippen LogP contribution in [0.2, 0.25) is 0 Å². The lowest BCUT2D eigenvalue weighted by Crippen LogP contribution is -2.47. The number of methoxy groups -OCH3 is 1. The predicted molar refractivity (Wildman–Crippen MR) is 82.1 cm³/mol. The Morgan fingerprint density at radius 1 is 1.33 bits per heavy atom. The molecule has 0 aliphatic carbocycles. The van der Waals surface area contributed by atoms with Gasteiger partial charge in [0.05, 0.1) is 6.61 Å². The first kappa shape index (κ1) is 16.5. The van der Waals surface area contributed by atoms with E-state index in [0.29, 0.717) is 32.2 Å². The number of aryl methyl sites for hydroxylation is 1. The van der Waals surface area contributed by atoms with Crippen LogP contribution in [0.5, 0.6) is 0 Å². The van der Waals surface area contributed by atoms with Crippen LogP contribution in [0, 0.1) is 5.92 Å². The molecule has 1 unspecified atom stereocenters. The second-order valence-electron chi connectivity index (χ2n) is 5.50. The molecule has 6 nitrogen and oxygen atoms in total. The van der Waals surface area contributed by atoms with Crippen LogP contribution in [0.4, 0.5) is 0 Å². The highest BCUT2D eigenvalue weighted by atomic mass is 32.2. The average molecular weight is 315 g/mol. The van der Waals surface area contributed by atoms with Crippen molar-refractivity contribution < 1.29 is 13.2 Å². The molecule has 0 saturated carbocycles. The minimum atomic E-state index is -3.36. The Labute approximate surface area is 127 Å². The van der Waals surface area contributed by atoms with E-state index >= 15 is 0 Å². The van der Waals surface area contributed by atoms with Gasteiger partial charge in [-0.15, -0.1) is 0 Å². The summed E-state index contributed by atoms with van der Waals surface area (Å²) in [6.45, 7) is 3.07. The van der Waals surface area contributed by atoms with E-state index in [2.05, 4.69) is 4.72 Å². The summed E-state index contributed by atoms with van der Waals surface area (Å²) in [5.74, 6) is 0.306. The molecule has 0 amide bonds. The molecule has 1 aromatic rings. The van der Waals surface area contributed by atoms with Crippen LogP contribution >= 0.6 is 0 Å². The van der Waals surface area contributed by atoms with E-state index in [1.165, 1.54) is 0 Å². The monoisotopic (exact) mass is 315 g/mol. The van der Waals surface area contributed by atoms with Gasteiger partial charge in [0, 0.05) is 45.7 Å². The van der Waals surface area contributed by atoms with Gasteiger partial charge in [-0.3, -0.25) is 0 Å². The maximum absolute atomic E-state index is 12.3. The Morgan fingerprint density at radius 3 is 2.81 bits per heavy atom. The van der Waals surface area contributed by atoms with Gasteiger partial charge in [0.2, 0.25) is 0 Å². The molecule has 0 spiro atoms. The molecule has 1 aliphatic heterocycles. The maximum Gasteiger partial charge on any atom is 0.279 e. The van der Waals surface area contributed by atoms with Gasteiger partial charge in [-0.05, 0) is 37.3 Å². The minimum Gasteiger partial charge on any atom is -0.384 e. The normalized spacial score (nSPS) is 20.7. The third-order valence-electron chi connectivity index (χ3n) is 3.77. The van der Waals surface area contributed by atoms with Gasteiger partial charge in [0.1, 0.15) is 0 Å². The molecular formula is C14H25N3O3S. The topological polar surface area (TPSA) is 63.6 Å². The smallest absolute Gasteiger partial charge is 0.279 e. The van der Waals surface area contributed by atoms with Gasteiger partial charge in [0.15, 0.2) is 0 Å². The third-order valence-corrected chi connectivity index (χ3v) is 5.35. The second kappa shape index (κ2) is 7.93. The van der Waals surface area contributed by atoms with Crippen molar-refractivity contribution in [2.45, 2.75) is 25.8 Å². The molecule has 7 heteroatoms. The van der Waals surface area contributed by atoms with Gasteiger partial charge in [-0.25, -0.2) is 4.72 Å². The highest BCUT2D eigenvalue weighted by Gasteiger charge is 2.28. The third kappa shape index (κ3) is 5.10. The van der Waals surface area contributed by atoms with Crippen LogP contribution < -0.4 is 4.72 Å². The highest BCUT2D eigenvalue weighted by Crippen LogP contribution is 2.18. The lowest BCUT2D eigenvalue weighted by atomic mass is 10.0. The molecule has 2 rings (SSSR count). The summed E-state index contributed by atoms with van der Waals surface area (Å²) in [6, 6.07) is 3.93. The predicted octanol–water partition coefficient (Wildman–Crippen LogP) is 1.07. The quantitative estimate of drug-likeness (QED) is 0.730. The van der Waals surface area contributed by atoms with Crippen molar-refractivity contribution in [1.82, 2.24) is 13.6 Å². The number of hydrogen-bond donors (Lipinski definition) is 1. The van der Waals surface area contributed by atoms with E-state index in [1.54, 1.807) is 11.4 Å². The standard InChI is InChI=1S/C14H25N3O3S/c1-20-13-14-6-4-11-17(12-14)21(18,19)15-7-5-10-16-8-2-3-9-16/h2-3,8-9,14-15H,4-7,10-13H2,1H3. The van der Waals surface area contributed by atoms with Crippen molar-refractivity contribution in [1.29, 1.82) is 0 Å². The van der Waals surface area contributed by atoms with E-state index < -0.39 is 10.2 Å². The zero-order chi connectivity index (χ0) is 15.1. The van der Waals surface area contributed by atoms with Crippen molar-refractivity contribution >= 4 is 10.2 Å². The van der Waals surface area contributed by atoms with Crippen molar-refractivity contribution in [3.05, 3.63) is 24.5 Å². The van der Waals surface area contributed by atoms with Gasteiger partial charge >= 0.3 is 0 Å². The summed E-state index contributed by atoms with van der Waals surface area (Å²) in [6.07, 6.45) is 6.68. The molecule has 1 aromatic heterocycles. The minimum absolute atomic E-state index is 0.306. The zero-order valence-electron chi connectivity index (χ0n) is 12.6. The lowest BCUT2D eigenvalue weighted by Gasteiger charge is -2.31. The van der Waals surface area contributed by atoms with Crippen molar-refractivity contribution in [2.75, 3.05) is 33.4 Å². The fourth-order valence-electron chi connectivity index (χ4n) is 2.69. The van der Waals surface area contributed by atoms with Gasteiger partial charge in [-0.2, -0.15) is 12.7 Å². The molecule has 2 heterocycles. The highest BCUT2D eigenvalue weighted by molar-refractivity contribution is 7.87. The number of aromatic nitrogens is 1. The van der Waals surface area contributed by atoms with Gasteiger partial charge in [-0.1, -0.05) is 0 Å². The van der Waals surface area contributed by atoms with Crippen LogP contribution in [-0.2, 0) is 21.5 Å². The Balaban J connectivity index is 1.75. The molecule has 1 fully saturated rings. The van der Waals surface area contributed by atoms with Crippen LogP contribution in [0.15, 0.2) is 24.5 Å². The van der Waals surface area contributed by atoms with E-state index in [0.717, 1.165) is 25.8 Å². The molecule has 0 aromatic carbocycles. The molecule has 0 radical (unpaired) electrons. The van der Waals surface area contributed by atoms with Crippen molar-refractivity contribution in [2.24, 2.45) is 5.92 Å². The molecule has 21 heavy (non-hydrogen) atoms. The number of nitrogens with zero attached hydrogens (tertiary/aromatic N) is 2. The molecule has 0 bridgehead atoms. The Morgan fingerprint density at radius 2 is 2.10 bits per heavy atom. The van der Waals surface area contributed by atoms with Gasteiger partial charge in [0.25, 0.3) is 10.2 Å². The Hall–Kier alpha value is -0.890. The summed E-state index contributed by atoms with van der Waals surface area (Å²) in [4.78, 5) is 0. The molecule has 1 atom stereocenters. The summed E-state index contributed by atoms with van der Waals surface area (Å²) in [5.41, 5.74) is 0. The number of nitrogens with one attached hydrogen (secondary N) is 1. The average Bonchev–Trinajstić information content (AvgIpc) is 2.98. The van der Waals surface area contributed by atoms with Crippen LogP contribution in [0.25, 0.3) is 0 Å². The van der Waals surface area contributed by atoms with E-state index in [-0.39, 0.29) is 0 Å². The number of hydrogen-bond acceptors (Lipinski definition) is 3. The first-order valence-electron chi connectivity index (χ1n) is 7.46. The van der Waals surface area contributed by atoms with E-state index in [4.69, 9.17) is 4.74 Å². The largest absolute Gasteiger partial charge is 0.384 e. The Bertz CT molecular complexity index is 500. The first-order valence-corrected chi connectivity index (χ1v) is 8.90. The van der Waals surface area contributed by atoms with Crippen LogP contribution in [-0.4, -0.2) is 50.6 Å². The fourth-order valence-corrected chi connectivity index (χ4v) is 4.05. The lowest BCUT2D eigenvalue weighted by molar-refractivity contribution is 0.118. The van der Waals surface area contributed by atoms with Crippen molar-refractivity contribution in [3.8, 4) is 0 Å². The molecule has 1 aliphatic rings. The molecule has 120 valence electrons. The zero-order valence-corrected chi connectivity index (χ0v) is 13.4. The second-order valence-corrected chi connectivity index (χ2v) is 7.25.